The maximum Gasteiger partial charge on any atom is 0.254 e. The van der Waals surface area contributed by atoms with Crippen molar-refractivity contribution in [2.75, 3.05) is 6.54 Å². The molecule has 2 heterocycles. The van der Waals surface area contributed by atoms with Crippen LogP contribution in [-0.4, -0.2) is 32.1 Å². The molecule has 0 saturated carbocycles. The van der Waals surface area contributed by atoms with E-state index in [0.29, 0.717) is 5.92 Å². The number of carbonyl (C=O) groups is 1. The first-order chi connectivity index (χ1) is 11.1. The molecule has 23 heavy (non-hydrogen) atoms. The van der Waals surface area contributed by atoms with Gasteiger partial charge in [-0.25, -0.2) is 0 Å². The van der Waals surface area contributed by atoms with Gasteiger partial charge >= 0.3 is 0 Å². The molecular formula is C18H24N4O. The van der Waals surface area contributed by atoms with Gasteiger partial charge in [0, 0.05) is 18.7 Å². The van der Waals surface area contributed by atoms with Crippen LogP contribution >= 0.6 is 0 Å². The second-order valence-corrected chi connectivity index (χ2v) is 6.76. The van der Waals surface area contributed by atoms with Gasteiger partial charge in [-0.3, -0.25) is 4.79 Å². The molecule has 122 valence electrons. The lowest BCUT2D eigenvalue weighted by atomic mass is 10.1. The summed E-state index contributed by atoms with van der Waals surface area (Å²) in [5, 5.41) is 8.39. The van der Waals surface area contributed by atoms with Crippen LogP contribution < -0.4 is 0 Å². The molecule has 0 aliphatic carbocycles. The van der Waals surface area contributed by atoms with Crippen molar-refractivity contribution < 1.29 is 4.79 Å². The molecule has 0 spiro atoms. The van der Waals surface area contributed by atoms with E-state index in [2.05, 4.69) is 28.6 Å². The van der Waals surface area contributed by atoms with Gasteiger partial charge in [-0.1, -0.05) is 31.5 Å². The van der Waals surface area contributed by atoms with Gasteiger partial charge in [-0.2, -0.15) is 0 Å². The molecule has 1 aliphatic heterocycles. The molecule has 2 aromatic rings. The molecule has 0 radical (unpaired) electrons. The van der Waals surface area contributed by atoms with Gasteiger partial charge in [0.1, 0.15) is 6.33 Å². The monoisotopic (exact) mass is 312 g/mol. The average molecular weight is 312 g/mol. The standard InChI is InChI=1S/C18H24N4O/c1-13(2)11-21-12-19-20-17(21)16-8-5-9-22(16)18(23)15-7-4-6-14(3)10-15/h4,6-7,10,12-13,16H,5,8-9,11H2,1-3H3. The third kappa shape index (κ3) is 3.28. The van der Waals surface area contributed by atoms with Crippen molar-refractivity contribution in [2.45, 2.75) is 46.2 Å². The van der Waals surface area contributed by atoms with Crippen molar-refractivity contribution in [3.63, 3.8) is 0 Å². The average Bonchev–Trinajstić information content (AvgIpc) is 3.14. The molecule has 1 fully saturated rings. The van der Waals surface area contributed by atoms with E-state index in [4.69, 9.17) is 0 Å². The number of rotatable bonds is 4. The molecule has 1 aromatic heterocycles. The van der Waals surface area contributed by atoms with Crippen molar-refractivity contribution >= 4 is 5.91 Å². The number of likely N-dealkylation sites (tertiary alicyclic amines) is 1. The fourth-order valence-corrected chi connectivity index (χ4v) is 3.28. The lowest BCUT2D eigenvalue weighted by Crippen LogP contribution is -2.32. The van der Waals surface area contributed by atoms with Crippen molar-refractivity contribution in [3.8, 4) is 0 Å². The van der Waals surface area contributed by atoms with Crippen molar-refractivity contribution in [1.82, 2.24) is 19.7 Å². The molecule has 0 N–H and O–H groups in total. The van der Waals surface area contributed by atoms with E-state index in [1.807, 2.05) is 36.1 Å². The van der Waals surface area contributed by atoms with Crippen molar-refractivity contribution in [1.29, 1.82) is 0 Å². The Morgan fingerprint density at radius 3 is 2.96 bits per heavy atom. The third-order valence-electron chi connectivity index (χ3n) is 4.28. The molecule has 1 saturated heterocycles. The summed E-state index contributed by atoms with van der Waals surface area (Å²) in [6.45, 7) is 8.02. The van der Waals surface area contributed by atoms with Gasteiger partial charge in [-0.05, 0) is 37.8 Å². The van der Waals surface area contributed by atoms with Crippen molar-refractivity contribution in [3.05, 3.63) is 47.5 Å². The van der Waals surface area contributed by atoms with Crippen LogP contribution in [-0.2, 0) is 6.54 Å². The number of aromatic nitrogens is 3. The summed E-state index contributed by atoms with van der Waals surface area (Å²) < 4.78 is 2.09. The molecular weight excluding hydrogens is 288 g/mol. The summed E-state index contributed by atoms with van der Waals surface area (Å²) >= 11 is 0. The Morgan fingerprint density at radius 1 is 1.39 bits per heavy atom. The topological polar surface area (TPSA) is 51.0 Å². The van der Waals surface area contributed by atoms with E-state index in [1.165, 1.54) is 0 Å². The zero-order valence-corrected chi connectivity index (χ0v) is 14.1. The Hall–Kier alpha value is -2.17. The molecule has 5 heteroatoms. The van der Waals surface area contributed by atoms with E-state index in [9.17, 15) is 4.79 Å². The largest absolute Gasteiger partial charge is 0.328 e. The highest BCUT2D eigenvalue weighted by Crippen LogP contribution is 2.32. The summed E-state index contributed by atoms with van der Waals surface area (Å²) in [5.41, 5.74) is 1.86. The van der Waals surface area contributed by atoms with Crippen LogP contribution in [0.1, 0.15) is 54.5 Å². The number of benzene rings is 1. The maximum atomic E-state index is 12.9. The summed E-state index contributed by atoms with van der Waals surface area (Å²) in [6.07, 6.45) is 3.74. The van der Waals surface area contributed by atoms with E-state index < -0.39 is 0 Å². The van der Waals surface area contributed by atoms with E-state index in [-0.39, 0.29) is 11.9 Å². The molecule has 1 amide bonds. The minimum atomic E-state index is 0.0317. The number of carbonyl (C=O) groups excluding carboxylic acids is 1. The van der Waals surface area contributed by atoms with Gasteiger partial charge in [-0.15, -0.1) is 10.2 Å². The van der Waals surface area contributed by atoms with Gasteiger partial charge in [0.25, 0.3) is 5.91 Å². The van der Waals surface area contributed by atoms with Crippen LogP contribution in [0, 0.1) is 12.8 Å². The van der Waals surface area contributed by atoms with Crippen LogP contribution in [0.15, 0.2) is 30.6 Å². The Morgan fingerprint density at radius 2 is 2.22 bits per heavy atom. The van der Waals surface area contributed by atoms with Crippen LogP contribution in [0.3, 0.4) is 0 Å². The first-order valence-electron chi connectivity index (χ1n) is 8.31. The summed E-state index contributed by atoms with van der Waals surface area (Å²) in [6, 6.07) is 7.83. The highest BCUT2D eigenvalue weighted by molar-refractivity contribution is 5.94. The van der Waals surface area contributed by atoms with E-state index >= 15 is 0 Å². The minimum absolute atomic E-state index is 0.0317. The lowest BCUT2D eigenvalue weighted by Gasteiger charge is -2.25. The second-order valence-electron chi connectivity index (χ2n) is 6.76. The molecule has 1 aromatic carbocycles. The molecule has 1 atom stereocenters. The van der Waals surface area contributed by atoms with E-state index in [0.717, 1.165) is 42.9 Å². The maximum absolute atomic E-state index is 12.9. The Labute approximate surface area is 137 Å². The number of nitrogens with zero attached hydrogens (tertiary/aromatic N) is 4. The molecule has 3 rings (SSSR count). The number of amides is 1. The zero-order valence-electron chi connectivity index (χ0n) is 14.1. The minimum Gasteiger partial charge on any atom is -0.328 e. The van der Waals surface area contributed by atoms with Crippen molar-refractivity contribution in [2.24, 2.45) is 5.92 Å². The van der Waals surface area contributed by atoms with E-state index in [1.54, 1.807) is 6.33 Å². The third-order valence-corrected chi connectivity index (χ3v) is 4.28. The quantitative estimate of drug-likeness (QED) is 0.871. The SMILES string of the molecule is Cc1cccc(C(=O)N2CCCC2c2nncn2CC(C)C)c1. The van der Waals surface area contributed by atoms with Gasteiger partial charge in [0.05, 0.1) is 6.04 Å². The Kier molecular flexibility index (Phi) is 4.46. The first-order valence-corrected chi connectivity index (χ1v) is 8.31. The Bertz CT molecular complexity index is 692. The van der Waals surface area contributed by atoms with Crippen LogP contribution in [0.5, 0.6) is 0 Å². The second kappa shape index (κ2) is 6.52. The zero-order chi connectivity index (χ0) is 16.4. The highest BCUT2D eigenvalue weighted by Gasteiger charge is 2.33. The first kappa shape index (κ1) is 15.7. The van der Waals surface area contributed by atoms with Gasteiger partial charge < -0.3 is 9.47 Å². The van der Waals surface area contributed by atoms with Crippen LogP contribution in [0.4, 0.5) is 0 Å². The fourth-order valence-electron chi connectivity index (χ4n) is 3.28. The number of aryl methyl sites for hydroxylation is 1. The highest BCUT2D eigenvalue weighted by atomic mass is 16.2. The summed E-state index contributed by atoms with van der Waals surface area (Å²) in [5.74, 6) is 1.53. The summed E-state index contributed by atoms with van der Waals surface area (Å²) in [7, 11) is 0. The number of hydrogen-bond acceptors (Lipinski definition) is 3. The normalized spacial score (nSPS) is 17.9. The molecule has 1 aliphatic rings. The lowest BCUT2D eigenvalue weighted by molar-refractivity contribution is 0.0726. The molecule has 1 unspecified atom stereocenters. The van der Waals surface area contributed by atoms with Gasteiger partial charge in [0.2, 0.25) is 0 Å². The van der Waals surface area contributed by atoms with Crippen LogP contribution in [0.25, 0.3) is 0 Å². The fraction of sp³-hybridized carbons (Fsp3) is 0.500. The Balaban J connectivity index is 1.86. The van der Waals surface area contributed by atoms with Gasteiger partial charge in [0.15, 0.2) is 5.82 Å². The van der Waals surface area contributed by atoms with Crippen LogP contribution in [0.2, 0.25) is 0 Å². The molecule has 5 nitrogen and oxygen atoms in total. The molecule has 0 bridgehead atoms. The summed E-state index contributed by atoms with van der Waals surface area (Å²) in [4.78, 5) is 14.9. The predicted octanol–water partition coefficient (Wildman–Crippen LogP) is 3.22. The smallest absolute Gasteiger partial charge is 0.254 e. The number of hydrogen-bond donors (Lipinski definition) is 0. The predicted molar refractivity (Wildman–Crippen MR) is 89.1 cm³/mol.